The zero-order valence-electron chi connectivity index (χ0n) is 13.1. The lowest BCUT2D eigenvalue weighted by atomic mass is 10.1. The summed E-state index contributed by atoms with van der Waals surface area (Å²) in [6.45, 7) is 0.329. The van der Waals surface area contributed by atoms with Crippen LogP contribution in [0.3, 0.4) is 0 Å². The lowest BCUT2D eigenvalue weighted by Crippen LogP contribution is -1.98. The molecule has 0 unspecified atom stereocenters. The molecule has 0 spiro atoms. The van der Waals surface area contributed by atoms with Crippen molar-refractivity contribution in [1.29, 1.82) is 0 Å². The number of hydrogen-bond donors (Lipinski definition) is 1. The molecule has 0 atom stereocenters. The van der Waals surface area contributed by atoms with E-state index >= 15 is 0 Å². The van der Waals surface area contributed by atoms with Gasteiger partial charge in [-0.05, 0) is 38.5 Å². The van der Waals surface area contributed by atoms with Gasteiger partial charge >= 0.3 is 5.97 Å². The first kappa shape index (κ1) is 19.2. The van der Waals surface area contributed by atoms with Gasteiger partial charge in [-0.15, -0.1) is 0 Å². The van der Waals surface area contributed by atoms with Gasteiger partial charge in [-0.1, -0.05) is 44.3 Å². The van der Waals surface area contributed by atoms with E-state index in [9.17, 15) is 4.79 Å². The number of carbonyl (C=O) groups is 1. The van der Waals surface area contributed by atoms with Crippen molar-refractivity contribution < 1.29 is 14.6 Å². The van der Waals surface area contributed by atoms with Crippen LogP contribution < -0.4 is 0 Å². The molecule has 118 valence electrons. The van der Waals surface area contributed by atoms with Crippen molar-refractivity contribution in [3.63, 3.8) is 0 Å². The van der Waals surface area contributed by atoms with Crippen molar-refractivity contribution in [2.45, 2.75) is 77.0 Å². The summed E-state index contributed by atoms with van der Waals surface area (Å²) in [7, 11) is 1.45. The highest BCUT2D eigenvalue weighted by atomic mass is 16.5. The number of unbranched alkanes of at least 4 members (excludes halogenated alkanes) is 9. The fraction of sp³-hybridized carbons (Fsp3) is 0.824. The molecule has 20 heavy (non-hydrogen) atoms. The number of rotatable bonds is 14. The van der Waals surface area contributed by atoms with E-state index < -0.39 is 0 Å². The van der Waals surface area contributed by atoms with E-state index in [1.165, 1.54) is 52.1 Å². The lowest BCUT2D eigenvalue weighted by molar-refractivity contribution is -0.140. The highest BCUT2D eigenvalue weighted by Gasteiger charge is 1.98. The molecule has 3 nitrogen and oxygen atoms in total. The number of carbonyl (C=O) groups excluding carboxylic acids is 1. The second kappa shape index (κ2) is 16.2. The van der Waals surface area contributed by atoms with Gasteiger partial charge in [-0.25, -0.2) is 0 Å². The van der Waals surface area contributed by atoms with Crippen molar-refractivity contribution in [2.24, 2.45) is 0 Å². The Hall–Kier alpha value is -0.830. The molecule has 1 N–H and O–H groups in total. The Labute approximate surface area is 124 Å². The summed E-state index contributed by atoms with van der Waals surface area (Å²) in [5, 5.41) is 8.65. The normalized spacial score (nSPS) is 11.1. The van der Waals surface area contributed by atoms with E-state index in [4.69, 9.17) is 5.11 Å². The standard InChI is InChI=1S/C17H32O3/c1-20-17(19)15-13-11-9-7-5-3-2-4-6-8-10-12-14-16-18/h2,4,18H,3,5-16H2,1H3. The van der Waals surface area contributed by atoms with Gasteiger partial charge < -0.3 is 9.84 Å². The second-order valence-electron chi connectivity index (χ2n) is 5.28. The smallest absolute Gasteiger partial charge is 0.305 e. The number of ether oxygens (including phenoxy) is 1. The molecule has 0 aliphatic rings. The Morgan fingerprint density at radius 2 is 1.35 bits per heavy atom. The van der Waals surface area contributed by atoms with E-state index in [-0.39, 0.29) is 5.97 Å². The van der Waals surface area contributed by atoms with Gasteiger partial charge in [0, 0.05) is 13.0 Å². The first-order valence-corrected chi connectivity index (χ1v) is 8.14. The summed E-state index contributed by atoms with van der Waals surface area (Å²) < 4.78 is 4.60. The van der Waals surface area contributed by atoms with Gasteiger partial charge in [0.2, 0.25) is 0 Å². The molecule has 0 rings (SSSR count). The summed E-state index contributed by atoms with van der Waals surface area (Å²) >= 11 is 0. The summed E-state index contributed by atoms with van der Waals surface area (Å²) in [5.74, 6) is -0.0908. The van der Waals surface area contributed by atoms with Crippen LogP contribution in [-0.2, 0) is 9.53 Å². The molecule has 0 aromatic rings. The summed E-state index contributed by atoms with van der Waals surface area (Å²) in [6.07, 6.45) is 17.8. The molecule has 3 heteroatoms. The Morgan fingerprint density at radius 1 is 0.850 bits per heavy atom. The van der Waals surface area contributed by atoms with Crippen molar-refractivity contribution in [3.05, 3.63) is 12.2 Å². The van der Waals surface area contributed by atoms with Crippen LogP contribution in [0.2, 0.25) is 0 Å². The largest absolute Gasteiger partial charge is 0.469 e. The van der Waals surface area contributed by atoms with Crippen molar-refractivity contribution >= 4 is 5.97 Å². The molecule has 0 heterocycles. The van der Waals surface area contributed by atoms with E-state index in [0.29, 0.717) is 13.0 Å². The van der Waals surface area contributed by atoms with Gasteiger partial charge in [-0.2, -0.15) is 0 Å². The number of aliphatic hydroxyl groups is 1. The summed E-state index contributed by atoms with van der Waals surface area (Å²) in [5.41, 5.74) is 0. The topological polar surface area (TPSA) is 46.5 Å². The highest BCUT2D eigenvalue weighted by Crippen LogP contribution is 2.09. The van der Waals surface area contributed by atoms with Gasteiger partial charge in [0.25, 0.3) is 0 Å². The van der Waals surface area contributed by atoms with Gasteiger partial charge in [0.05, 0.1) is 7.11 Å². The third-order valence-corrected chi connectivity index (χ3v) is 3.42. The molecule has 0 aromatic heterocycles. The van der Waals surface area contributed by atoms with Crippen molar-refractivity contribution in [2.75, 3.05) is 13.7 Å². The first-order valence-electron chi connectivity index (χ1n) is 8.14. The molecule has 0 saturated heterocycles. The third-order valence-electron chi connectivity index (χ3n) is 3.42. The maximum absolute atomic E-state index is 10.9. The van der Waals surface area contributed by atoms with Gasteiger partial charge in [0.1, 0.15) is 0 Å². The van der Waals surface area contributed by atoms with Crippen molar-refractivity contribution in [3.8, 4) is 0 Å². The van der Waals surface area contributed by atoms with Crippen LogP contribution in [0.1, 0.15) is 77.0 Å². The van der Waals surface area contributed by atoms with Crippen LogP contribution in [0.5, 0.6) is 0 Å². The molecule has 0 bridgehead atoms. The number of hydrogen-bond acceptors (Lipinski definition) is 3. The maximum Gasteiger partial charge on any atom is 0.305 e. The molecule has 0 radical (unpaired) electrons. The fourth-order valence-electron chi connectivity index (χ4n) is 2.13. The number of aliphatic hydroxyl groups excluding tert-OH is 1. The summed E-state index contributed by atoms with van der Waals surface area (Å²) in [4.78, 5) is 10.9. The molecule has 0 aliphatic heterocycles. The van der Waals surface area contributed by atoms with Gasteiger partial charge in [0.15, 0.2) is 0 Å². The predicted octanol–water partition coefficient (Wildman–Crippen LogP) is 4.39. The molecule has 0 aliphatic carbocycles. The lowest BCUT2D eigenvalue weighted by Gasteiger charge is -2.00. The number of methoxy groups -OCH3 is 1. The van der Waals surface area contributed by atoms with Crippen LogP contribution in [0, 0.1) is 0 Å². The van der Waals surface area contributed by atoms with E-state index in [2.05, 4.69) is 16.9 Å². The molecule has 0 amide bonds. The molecule has 0 saturated carbocycles. The minimum atomic E-state index is -0.0908. The Bertz CT molecular complexity index is 236. The van der Waals surface area contributed by atoms with Gasteiger partial charge in [-0.3, -0.25) is 4.79 Å². The minimum Gasteiger partial charge on any atom is -0.469 e. The second-order valence-corrected chi connectivity index (χ2v) is 5.28. The number of allylic oxidation sites excluding steroid dienone is 2. The Morgan fingerprint density at radius 3 is 1.90 bits per heavy atom. The average Bonchev–Trinajstić information content (AvgIpc) is 2.47. The monoisotopic (exact) mass is 284 g/mol. The molecule has 0 fully saturated rings. The van der Waals surface area contributed by atoms with E-state index in [1.54, 1.807) is 0 Å². The van der Waals surface area contributed by atoms with Crippen LogP contribution in [0.4, 0.5) is 0 Å². The van der Waals surface area contributed by atoms with Crippen LogP contribution in [0.15, 0.2) is 12.2 Å². The predicted molar refractivity (Wildman–Crippen MR) is 83.6 cm³/mol. The quantitative estimate of drug-likeness (QED) is 0.292. The highest BCUT2D eigenvalue weighted by molar-refractivity contribution is 5.68. The van der Waals surface area contributed by atoms with Crippen LogP contribution in [-0.4, -0.2) is 24.8 Å². The Balaban J connectivity index is 3.10. The molecular weight excluding hydrogens is 252 g/mol. The van der Waals surface area contributed by atoms with E-state index in [0.717, 1.165) is 25.7 Å². The fourth-order valence-corrected chi connectivity index (χ4v) is 2.13. The van der Waals surface area contributed by atoms with Crippen LogP contribution >= 0.6 is 0 Å². The van der Waals surface area contributed by atoms with E-state index in [1.807, 2.05) is 0 Å². The first-order chi connectivity index (χ1) is 9.81. The van der Waals surface area contributed by atoms with Crippen molar-refractivity contribution in [1.82, 2.24) is 0 Å². The minimum absolute atomic E-state index is 0.0908. The zero-order chi connectivity index (χ0) is 14.9. The Kier molecular flexibility index (Phi) is 15.6. The SMILES string of the molecule is COC(=O)CCCCCCCC=CCCCCCCO. The molecule has 0 aromatic carbocycles. The summed E-state index contributed by atoms with van der Waals surface area (Å²) in [6, 6.07) is 0. The van der Waals surface area contributed by atoms with Crippen LogP contribution in [0.25, 0.3) is 0 Å². The zero-order valence-corrected chi connectivity index (χ0v) is 13.1. The maximum atomic E-state index is 10.9. The average molecular weight is 284 g/mol. The molecular formula is C17H32O3. The third kappa shape index (κ3) is 15.2. The number of esters is 1.